The number of rotatable bonds is 8. The van der Waals surface area contributed by atoms with Crippen molar-refractivity contribution in [2.75, 3.05) is 0 Å². The van der Waals surface area contributed by atoms with Crippen LogP contribution in [-0.2, 0) is 20.8 Å². The molecule has 2 aromatic rings. The van der Waals surface area contributed by atoms with Gasteiger partial charge in [0.05, 0.1) is 0 Å². The molecule has 0 aromatic heterocycles. The Morgan fingerprint density at radius 1 is 1.12 bits per heavy atom. The molecular weight excluding hydrogens is 452 g/mol. The van der Waals surface area contributed by atoms with E-state index in [1.165, 1.54) is 16.7 Å². The Kier molecular flexibility index (Phi) is 6.38. The molecule has 2 N–H and O–H groups in total. The predicted molar refractivity (Wildman–Crippen MR) is 131 cm³/mol. The van der Waals surface area contributed by atoms with Gasteiger partial charge in [-0.25, -0.2) is 4.79 Å². The van der Waals surface area contributed by atoms with E-state index in [2.05, 4.69) is 5.32 Å². The fourth-order valence-electron chi connectivity index (χ4n) is 4.73. The largest absolute Gasteiger partial charge is 0.480 e. The maximum absolute atomic E-state index is 13.2. The smallest absolute Gasteiger partial charge is 0.327 e. The number of para-hydroxylation sites is 1. The summed E-state index contributed by atoms with van der Waals surface area (Å²) >= 11 is 1.40. The van der Waals surface area contributed by atoms with Crippen LogP contribution >= 0.6 is 11.8 Å². The van der Waals surface area contributed by atoms with E-state index in [9.17, 15) is 19.5 Å². The Balaban J connectivity index is 1.49. The van der Waals surface area contributed by atoms with E-state index in [0.717, 1.165) is 11.1 Å². The number of fused-ring (bicyclic) bond motifs is 1. The van der Waals surface area contributed by atoms with Crippen LogP contribution in [0.3, 0.4) is 0 Å². The Labute approximate surface area is 203 Å². The van der Waals surface area contributed by atoms with Crippen molar-refractivity contribution in [1.82, 2.24) is 10.2 Å². The molecule has 8 heteroatoms. The average molecular weight is 483 g/mol. The number of aliphatic carboxylic acids is 1. The molecule has 2 aromatic carbocycles. The summed E-state index contributed by atoms with van der Waals surface area (Å²) in [7, 11) is 0. The number of amides is 2. The van der Waals surface area contributed by atoms with E-state index in [0.29, 0.717) is 18.6 Å². The average Bonchev–Trinajstić information content (AvgIpc) is 3.08. The van der Waals surface area contributed by atoms with Gasteiger partial charge in [0.1, 0.15) is 22.7 Å². The fourth-order valence-corrected chi connectivity index (χ4v) is 6.38. The molecule has 0 aliphatic carbocycles. The molecule has 0 bridgehead atoms. The fraction of sp³-hybridized carbons (Fsp3) is 0.423. The number of β-lactam (4-membered cyclic amide) rings is 1. The highest BCUT2D eigenvalue weighted by atomic mass is 32.2. The van der Waals surface area contributed by atoms with E-state index in [-0.39, 0.29) is 11.8 Å². The lowest BCUT2D eigenvalue weighted by atomic mass is 9.86. The summed E-state index contributed by atoms with van der Waals surface area (Å²) in [5.74, 6) is -1.17. The zero-order chi connectivity index (χ0) is 24.7. The first kappa shape index (κ1) is 24.1. The van der Waals surface area contributed by atoms with Crippen LogP contribution in [0.25, 0.3) is 0 Å². The van der Waals surface area contributed by atoms with Crippen molar-refractivity contribution >= 4 is 29.5 Å². The van der Waals surface area contributed by atoms with E-state index in [4.69, 9.17) is 4.74 Å². The lowest BCUT2D eigenvalue weighted by Gasteiger charge is -2.51. The normalized spacial score (nSPS) is 25.8. The Morgan fingerprint density at radius 3 is 2.41 bits per heavy atom. The van der Waals surface area contributed by atoms with Gasteiger partial charge in [-0.2, -0.15) is 0 Å². The van der Waals surface area contributed by atoms with Gasteiger partial charge >= 0.3 is 5.97 Å². The highest BCUT2D eigenvalue weighted by molar-refractivity contribution is 8.01. The number of carboxylic acid groups (broad SMARTS) is 1. The van der Waals surface area contributed by atoms with Gasteiger partial charge in [-0.05, 0) is 44.4 Å². The number of nitrogens with one attached hydrogen (secondary N) is 1. The van der Waals surface area contributed by atoms with Crippen LogP contribution in [0.4, 0.5) is 0 Å². The first-order chi connectivity index (χ1) is 16.1. The van der Waals surface area contributed by atoms with Crippen molar-refractivity contribution < 1.29 is 24.2 Å². The second kappa shape index (κ2) is 8.98. The molecule has 1 unspecified atom stereocenters. The van der Waals surface area contributed by atoms with Crippen molar-refractivity contribution in [3.63, 3.8) is 0 Å². The molecule has 0 radical (unpaired) electrons. The molecule has 2 fully saturated rings. The van der Waals surface area contributed by atoms with Crippen LogP contribution in [0, 0.1) is 0 Å². The third-order valence-electron chi connectivity index (χ3n) is 6.54. The molecule has 0 spiro atoms. The minimum atomic E-state index is -1.18. The van der Waals surface area contributed by atoms with E-state index in [1.807, 2.05) is 75.4 Å². The Bertz CT molecular complexity index is 1110. The summed E-state index contributed by atoms with van der Waals surface area (Å²) in [6, 6.07) is 16.7. The minimum Gasteiger partial charge on any atom is -0.480 e. The highest BCUT2D eigenvalue weighted by Gasteiger charge is 2.70. The number of thioether (sulfide) groups is 1. The van der Waals surface area contributed by atoms with E-state index >= 15 is 0 Å². The zero-order valence-corrected chi connectivity index (χ0v) is 20.6. The summed E-state index contributed by atoms with van der Waals surface area (Å²) in [5, 5.41) is 12.1. The monoisotopic (exact) mass is 482 g/mol. The highest BCUT2D eigenvalue weighted by Crippen LogP contribution is 2.54. The van der Waals surface area contributed by atoms with Crippen molar-refractivity contribution in [1.29, 1.82) is 0 Å². The number of ether oxygens (including phenoxy) is 1. The van der Waals surface area contributed by atoms with Crippen LogP contribution in [0.1, 0.15) is 45.2 Å². The molecular formula is C26H30N2O5S. The molecule has 2 aliphatic rings. The number of benzene rings is 2. The van der Waals surface area contributed by atoms with Gasteiger partial charge in [0.25, 0.3) is 11.8 Å². The van der Waals surface area contributed by atoms with Gasteiger partial charge in [0.15, 0.2) is 6.10 Å². The number of carbonyl (C=O) groups excluding carboxylic acids is 2. The lowest BCUT2D eigenvalue weighted by molar-refractivity contribution is -0.168. The van der Waals surface area contributed by atoms with Gasteiger partial charge in [0, 0.05) is 11.2 Å². The van der Waals surface area contributed by atoms with Crippen LogP contribution in [0.5, 0.6) is 5.75 Å². The van der Waals surface area contributed by atoms with Crippen LogP contribution in [0.15, 0.2) is 54.6 Å². The first-order valence-corrected chi connectivity index (χ1v) is 12.3. The van der Waals surface area contributed by atoms with Gasteiger partial charge < -0.3 is 20.1 Å². The number of nitrogens with zero attached hydrogens (tertiary/aromatic N) is 1. The predicted octanol–water partition coefficient (Wildman–Crippen LogP) is 3.46. The van der Waals surface area contributed by atoms with E-state index in [1.54, 1.807) is 6.92 Å². The third-order valence-corrected chi connectivity index (χ3v) is 8.29. The Morgan fingerprint density at radius 2 is 1.76 bits per heavy atom. The number of hydrogen-bond acceptors (Lipinski definition) is 5. The number of carbonyl (C=O) groups is 3. The summed E-state index contributed by atoms with van der Waals surface area (Å²) in [4.78, 5) is 39.4. The SMILES string of the molecule is CCC(Oc1ccccc1Cc1ccccc1)C(=O)N[C@@]1(C)C(=O)N2[C@@H](C(=O)O)C(C)(C)S[C@@H]21. The van der Waals surface area contributed by atoms with Gasteiger partial charge in [-0.15, -0.1) is 11.8 Å². The van der Waals surface area contributed by atoms with Crippen molar-refractivity contribution in [3.8, 4) is 5.75 Å². The first-order valence-electron chi connectivity index (χ1n) is 11.4. The third kappa shape index (κ3) is 4.15. The van der Waals surface area contributed by atoms with Crippen LogP contribution in [0.2, 0.25) is 0 Å². The Hall–Kier alpha value is -3.00. The topological polar surface area (TPSA) is 95.9 Å². The summed E-state index contributed by atoms with van der Waals surface area (Å²) < 4.78 is 5.49. The maximum atomic E-state index is 13.2. The number of carboxylic acids is 1. The number of hydrogen-bond donors (Lipinski definition) is 2. The van der Waals surface area contributed by atoms with Crippen LogP contribution in [-0.4, -0.2) is 55.6 Å². The molecule has 180 valence electrons. The van der Waals surface area contributed by atoms with Gasteiger partial charge in [-0.3, -0.25) is 9.59 Å². The molecule has 2 amide bonds. The van der Waals surface area contributed by atoms with Gasteiger partial charge in [-0.1, -0.05) is 55.5 Å². The van der Waals surface area contributed by atoms with Crippen LogP contribution < -0.4 is 10.1 Å². The van der Waals surface area contributed by atoms with Crippen molar-refractivity contribution in [3.05, 3.63) is 65.7 Å². The van der Waals surface area contributed by atoms with E-state index < -0.39 is 33.8 Å². The molecule has 0 saturated carbocycles. The molecule has 2 saturated heterocycles. The molecule has 34 heavy (non-hydrogen) atoms. The standard InChI is InChI=1S/C26H30N2O5S/c1-5-18(33-19-14-10-9-13-17(19)15-16-11-7-6-8-12-16)21(29)27-26(4)23(32)28-20(22(30)31)25(2,3)34-24(26)28/h6-14,18,20,24H,5,15H2,1-4H3,(H,27,29)(H,30,31)/t18?,20-,24+,26-/m0/s1. The molecule has 4 rings (SSSR count). The van der Waals surface area contributed by atoms with Crippen molar-refractivity contribution in [2.24, 2.45) is 0 Å². The molecule has 7 nitrogen and oxygen atoms in total. The second-order valence-corrected chi connectivity index (χ2v) is 11.2. The zero-order valence-electron chi connectivity index (χ0n) is 19.8. The molecule has 2 heterocycles. The summed E-state index contributed by atoms with van der Waals surface area (Å²) in [5.41, 5.74) is 0.927. The quantitative estimate of drug-likeness (QED) is 0.560. The maximum Gasteiger partial charge on any atom is 0.327 e. The second-order valence-electron chi connectivity index (χ2n) is 9.50. The van der Waals surface area contributed by atoms with Crippen molar-refractivity contribution in [2.45, 2.75) is 68.3 Å². The summed E-state index contributed by atoms with van der Waals surface area (Å²) in [6.45, 7) is 7.14. The lowest BCUT2D eigenvalue weighted by Crippen LogP contribution is -2.78. The molecule has 4 atom stereocenters. The molecule has 2 aliphatic heterocycles. The summed E-state index contributed by atoms with van der Waals surface area (Å²) in [6.07, 6.45) is 0.302. The van der Waals surface area contributed by atoms with Gasteiger partial charge in [0.2, 0.25) is 0 Å². The minimum absolute atomic E-state index is 0.379.